The molecule has 0 atom stereocenters. The van der Waals surface area contributed by atoms with Crippen LogP contribution in [-0.4, -0.2) is 5.91 Å². The Morgan fingerprint density at radius 3 is 2.50 bits per heavy atom. The van der Waals surface area contributed by atoms with Gasteiger partial charge in [0.05, 0.1) is 0 Å². The third kappa shape index (κ3) is 3.16. The van der Waals surface area contributed by atoms with E-state index >= 15 is 0 Å². The first-order chi connectivity index (χ1) is 5.63. The molecule has 12 heavy (non-hydrogen) atoms. The minimum Gasteiger partial charge on any atom is -0.290 e. The lowest BCUT2D eigenvalue weighted by Gasteiger charge is -2.00. The molecule has 0 aromatic carbocycles. The van der Waals surface area contributed by atoms with E-state index < -0.39 is 0 Å². The number of hydrogen-bond donors (Lipinski definition) is 2. The third-order valence-electron chi connectivity index (χ3n) is 1.55. The van der Waals surface area contributed by atoms with E-state index in [9.17, 15) is 4.79 Å². The molecule has 0 saturated heterocycles. The first-order valence-corrected chi connectivity index (χ1v) is 3.61. The summed E-state index contributed by atoms with van der Waals surface area (Å²) < 4.78 is 0. The van der Waals surface area contributed by atoms with Gasteiger partial charge in [-0.1, -0.05) is 24.8 Å². The molecular weight excluding hydrogens is 152 g/mol. The van der Waals surface area contributed by atoms with Crippen molar-refractivity contribution in [2.24, 2.45) is 5.84 Å². The fourth-order valence-corrected chi connectivity index (χ4v) is 0.625. The number of carbonyl (C=O) groups excluding carboxylic acids is 1. The van der Waals surface area contributed by atoms with Gasteiger partial charge in [-0.25, -0.2) is 5.84 Å². The molecule has 3 heteroatoms. The molecule has 0 aromatic rings. The zero-order valence-electron chi connectivity index (χ0n) is 7.42. The number of nitrogens with one attached hydrogen (secondary N) is 1. The van der Waals surface area contributed by atoms with Crippen molar-refractivity contribution in [1.29, 1.82) is 0 Å². The Balaban J connectivity index is 4.56. The van der Waals surface area contributed by atoms with Gasteiger partial charge in [-0.05, 0) is 19.4 Å². The second-order valence-electron chi connectivity index (χ2n) is 2.38. The zero-order valence-corrected chi connectivity index (χ0v) is 7.42. The molecular formula is C9H14N2O. The summed E-state index contributed by atoms with van der Waals surface area (Å²) in [7, 11) is 0. The van der Waals surface area contributed by atoms with Crippen LogP contribution in [0.5, 0.6) is 0 Å². The maximum atomic E-state index is 11.0. The van der Waals surface area contributed by atoms with Gasteiger partial charge >= 0.3 is 0 Å². The molecule has 0 spiro atoms. The van der Waals surface area contributed by atoms with Gasteiger partial charge in [-0.3, -0.25) is 10.2 Å². The molecule has 0 aromatic heterocycles. The highest BCUT2D eigenvalue weighted by Crippen LogP contribution is 2.04. The molecule has 3 nitrogen and oxygen atoms in total. The van der Waals surface area contributed by atoms with Crippen molar-refractivity contribution in [1.82, 2.24) is 5.43 Å². The summed E-state index contributed by atoms with van der Waals surface area (Å²) in [5.41, 5.74) is 3.55. The van der Waals surface area contributed by atoms with Crippen LogP contribution in [0.15, 0.2) is 36.0 Å². The summed E-state index contributed by atoms with van der Waals surface area (Å²) in [5.74, 6) is 4.70. The van der Waals surface area contributed by atoms with Crippen LogP contribution in [0.1, 0.15) is 13.8 Å². The summed E-state index contributed by atoms with van der Waals surface area (Å²) in [4.78, 5) is 11.0. The molecule has 0 fully saturated rings. The van der Waals surface area contributed by atoms with Gasteiger partial charge in [0.2, 0.25) is 0 Å². The Labute approximate surface area is 72.6 Å². The van der Waals surface area contributed by atoms with E-state index in [4.69, 9.17) is 5.84 Å². The van der Waals surface area contributed by atoms with E-state index in [1.54, 1.807) is 25.2 Å². The van der Waals surface area contributed by atoms with E-state index in [1.165, 1.54) is 0 Å². The van der Waals surface area contributed by atoms with Crippen molar-refractivity contribution >= 4 is 5.91 Å². The number of hydrazine groups is 1. The van der Waals surface area contributed by atoms with Crippen LogP contribution in [0.4, 0.5) is 0 Å². The molecule has 0 rings (SSSR count). The van der Waals surface area contributed by atoms with Gasteiger partial charge in [-0.15, -0.1) is 0 Å². The van der Waals surface area contributed by atoms with Crippen LogP contribution in [0.25, 0.3) is 0 Å². The Morgan fingerprint density at radius 2 is 2.08 bits per heavy atom. The van der Waals surface area contributed by atoms with Gasteiger partial charge in [0.1, 0.15) is 0 Å². The maximum absolute atomic E-state index is 11.0. The van der Waals surface area contributed by atoms with Crippen molar-refractivity contribution in [3.8, 4) is 0 Å². The quantitative estimate of drug-likeness (QED) is 0.216. The second kappa shape index (κ2) is 5.32. The molecule has 0 unspecified atom stereocenters. The molecule has 1 amide bonds. The topological polar surface area (TPSA) is 55.1 Å². The van der Waals surface area contributed by atoms with Crippen molar-refractivity contribution in [2.75, 3.05) is 0 Å². The van der Waals surface area contributed by atoms with Gasteiger partial charge in [-0.2, -0.15) is 0 Å². The Kier molecular flexibility index (Phi) is 4.72. The molecule has 0 aliphatic rings. The van der Waals surface area contributed by atoms with Gasteiger partial charge in [0, 0.05) is 5.57 Å². The standard InChI is InChI=1S/C9H14N2O/c1-4-5-6-7(2)8(3)9(12)11-10/h4-6H,1,10H2,2-3H3,(H,11,12)/b6-5-,8-7?. The van der Waals surface area contributed by atoms with E-state index in [0.29, 0.717) is 5.57 Å². The largest absolute Gasteiger partial charge is 0.290 e. The number of nitrogens with two attached hydrogens (primary N) is 1. The molecule has 0 heterocycles. The van der Waals surface area contributed by atoms with Crippen molar-refractivity contribution in [3.05, 3.63) is 36.0 Å². The van der Waals surface area contributed by atoms with Crippen LogP contribution in [-0.2, 0) is 4.79 Å². The van der Waals surface area contributed by atoms with E-state index in [2.05, 4.69) is 12.0 Å². The summed E-state index contributed by atoms with van der Waals surface area (Å²) in [6, 6.07) is 0. The van der Waals surface area contributed by atoms with E-state index in [1.807, 2.05) is 6.92 Å². The second-order valence-corrected chi connectivity index (χ2v) is 2.38. The fourth-order valence-electron chi connectivity index (χ4n) is 0.625. The molecule has 0 aliphatic heterocycles. The lowest BCUT2D eigenvalue weighted by Crippen LogP contribution is -2.31. The van der Waals surface area contributed by atoms with Crippen LogP contribution in [0.2, 0.25) is 0 Å². The molecule has 0 radical (unpaired) electrons. The Bertz CT molecular complexity index is 239. The van der Waals surface area contributed by atoms with Gasteiger partial charge in [0.25, 0.3) is 5.91 Å². The first-order valence-electron chi connectivity index (χ1n) is 3.61. The van der Waals surface area contributed by atoms with Crippen molar-refractivity contribution < 1.29 is 4.79 Å². The fraction of sp³-hybridized carbons (Fsp3) is 0.222. The lowest BCUT2D eigenvalue weighted by atomic mass is 10.1. The summed E-state index contributed by atoms with van der Waals surface area (Å²) >= 11 is 0. The average Bonchev–Trinajstić information content (AvgIpc) is 2.11. The first kappa shape index (κ1) is 10.7. The number of amides is 1. The molecule has 0 saturated carbocycles. The number of rotatable bonds is 3. The predicted molar refractivity (Wildman–Crippen MR) is 50.0 cm³/mol. The molecule has 0 bridgehead atoms. The summed E-state index contributed by atoms with van der Waals surface area (Å²) in [6.45, 7) is 7.07. The minimum atomic E-state index is -0.263. The smallest absolute Gasteiger partial charge is 0.261 e. The number of allylic oxidation sites excluding steroid dienone is 4. The van der Waals surface area contributed by atoms with E-state index in [-0.39, 0.29) is 5.91 Å². The van der Waals surface area contributed by atoms with Crippen LogP contribution < -0.4 is 11.3 Å². The zero-order chi connectivity index (χ0) is 9.56. The summed E-state index contributed by atoms with van der Waals surface area (Å²) in [5, 5.41) is 0. The van der Waals surface area contributed by atoms with Crippen LogP contribution >= 0.6 is 0 Å². The highest BCUT2D eigenvalue weighted by Gasteiger charge is 2.02. The number of hydrogen-bond acceptors (Lipinski definition) is 2. The molecule has 0 aliphatic carbocycles. The van der Waals surface area contributed by atoms with Crippen LogP contribution in [0.3, 0.4) is 0 Å². The predicted octanol–water partition coefficient (Wildman–Crippen LogP) is 1.05. The monoisotopic (exact) mass is 166 g/mol. The van der Waals surface area contributed by atoms with Gasteiger partial charge in [0.15, 0.2) is 0 Å². The van der Waals surface area contributed by atoms with Gasteiger partial charge < -0.3 is 0 Å². The average molecular weight is 166 g/mol. The summed E-state index contributed by atoms with van der Waals surface area (Å²) in [6.07, 6.45) is 5.22. The molecule has 66 valence electrons. The van der Waals surface area contributed by atoms with E-state index in [0.717, 1.165) is 5.57 Å². The Hall–Kier alpha value is -1.35. The SMILES string of the molecule is C=C/C=C\C(C)=C(C)C(=O)NN. The number of carbonyl (C=O) groups is 1. The minimum absolute atomic E-state index is 0.263. The third-order valence-corrected chi connectivity index (χ3v) is 1.55. The molecule has 3 N–H and O–H groups in total. The highest BCUT2D eigenvalue weighted by molar-refractivity contribution is 5.93. The lowest BCUT2D eigenvalue weighted by molar-refractivity contribution is -0.117. The Morgan fingerprint density at radius 1 is 1.50 bits per heavy atom. The maximum Gasteiger partial charge on any atom is 0.261 e. The normalized spacial score (nSPS) is 12.6. The van der Waals surface area contributed by atoms with Crippen molar-refractivity contribution in [2.45, 2.75) is 13.8 Å². The highest BCUT2D eigenvalue weighted by atomic mass is 16.2. The van der Waals surface area contributed by atoms with Crippen molar-refractivity contribution in [3.63, 3.8) is 0 Å². The van der Waals surface area contributed by atoms with Crippen LogP contribution in [0, 0.1) is 0 Å².